The maximum atomic E-state index is 11.9. The summed E-state index contributed by atoms with van der Waals surface area (Å²) in [6.45, 7) is -1.96. The lowest BCUT2D eigenvalue weighted by molar-refractivity contribution is -0.138. The van der Waals surface area contributed by atoms with Crippen molar-refractivity contribution in [3.8, 4) is 0 Å². The smallest absolute Gasteiger partial charge is 0.408 e. The minimum absolute atomic E-state index is 0.274. The van der Waals surface area contributed by atoms with Crippen molar-refractivity contribution in [2.75, 3.05) is 6.54 Å². The van der Waals surface area contributed by atoms with Crippen LogP contribution in [0, 0.1) is 0 Å². The van der Waals surface area contributed by atoms with Crippen molar-refractivity contribution in [3.63, 3.8) is 0 Å². The second-order valence-electron chi connectivity index (χ2n) is 3.81. The van der Waals surface area contributed by atoms with Crippen LogP contribution in [0.15, 0.2) is 33.5 Å². The second kappa shape index (κ2) is 4.79. The fourth-order valence-corrected chi connectivity index (χ4v) is 1.56. The van der Waals surface area contributed by atoms with Crippen LogP contribution < -0.4 is 11.1 Å². The Kier molecular flexibility index (Phi) is 3.32. The molecule has 1 aromatic heterocycles. The third kappa shape index (κ3) is 3.15. The van der Waals surface area contributed by atoms with Gasteiger partial charge in [-0.15, -0.1) is 0 Å². The van der Waals surface area contributed by atoms with Crippen LogP contribution in [-0.2, 0) is 11.3 Å². The molecular weight excluding hydrogens is 265 g/mol. The molecule has 2 aromatic rings. The van der Waals surface area contributed by atoms with E-state index in [0.717, 1.165) is 4.57 Å². The van der Waals surface area contributed by atoms with E-state index in [2.05, 4.69) is 0 Å². The first-order valence-electron chi connectivity index (χ1n) is 5.28. The summed E-state index contributed by atoms with van der Waals surface area (Å²) in [4.78, 5) is 22.8. The number of carbonyl (C=O) groups is 1. The maximum absolute atomic E-state index is 11.9. The summed E-state index contributed by atoms with van der Waals surface area (Å²) in [5, 5.41) is 1.69. The van der Waals surface area contributed by atoms with Gasteiger partial charge in [-0.3, -0.25) is 9.36 Å². The van der Waals surface area contributed by atoms with Gasteiger partial charge in [-0.05, 0) is 12.1 Å². The molecule has 0 radical (unpaired) electrons. The first kappa shape index (κ1) is 13.2. The van der Waals surface area contributed by atoms with Crippen LogP contribution in [0.2, 0.25) is 0 Å². The zero-order valence-corrected chi connectivity index (χ0v) is 9.53. The Morgan fingerprint density at radius 2 is 2.00 bits per heavy atom. The lowest BCUT2D eigenvalue weighted by Crippen LogP contribution is -2.37. The summed E-state index contributed by atoms with van der Waals surface area (Å²) in [6.07, 6.45) is -4.49. The molecule has 8 heteroatoms. The average Bonchev–Trinajstić information content (AvgIpc) is 2.63. The van der Waals surface area contributed by atoms with Gasteiger partial charge in [0.15, 0.2) is 5.58 Å². The van der Waals surface area contributed by atoms with E-state index in [4.69, 9.17) is 4.42 Å². The topological polar surface area (TPSA) is 64.2 Å². The number of benzene rings is 1. The van der Waals surface area contributed by atoms with E-state index in [1.54, 1.807) is 17.4 Å². The van der Waals surface area contributed by atoms with Crippen LogP contribution in [-0.4, -0.2) is 23.2 Å². The van der Waals surface area contributed by atoms with Crippen LogP contribution in [0.4, 0.5) is 13.2 Å². The highest BCUT2D eigenvalue weighted by molar-refractivity contribution is 5.79. The maximum Gasteiger partial charge on any atom is 0.420 e. The molecule has 0 saturated heterocycles. The van der Waals surface area contributed by atoms with E-state index in [9.17, 15) is 22.8 Å². The molecule has 2 rings (SSSR count). The fraction of sp³-hybridized carbons (Fsp3) is 0.273. The Bertz CT molecular complexity index is 657. The molecule has 1 N–H and O–H groups in total. The van der Waals surface area contributed by atoms with Gasteiger partial charge in [-0.25, -0.2) is 4.79 Å². The lowest BCUT2D eigenvalue weighted by atomic mass is 10.3. The number of rotatable bonds is 3. The SMILES string of the molecule is O=C(Cn1c(=O)oc2ccccc21)NCC(F)(F)F. The fourth-order valence-electron chi connectivity index (χ4n) is 1.56. The molecule has 0 unspecified atom stereocenters. The number of oxazole rings is 1. The van der Waals surface area contributed by atoms with Gasteiger partial charge in [-0.2, -0.15) is 13.2 Å². The molecule has 19 heavy (non-hydrogen) atoms. The third-order valence-corrected chi connectivity index (χ3v) is 2.36. The molecule has 0 atom stereocenters. The minimum atomic E-state index is -4.49. The summed E-state index contributed by atoms with van der Waals surface area (Å²) in [6, 6.07) is 6.33. The summed E-state index contributed by atoms with van der Waals surface area (Å²) >= 11 is 0. The highest BCUT2D eigenvalue weighted by atomic mass is 19.4. The Hall–Kier alpha value is -2.25. The van der Waals surface area contributed by atoms with E-state index >= 15 is 0 Å². The second-order valence-corrected chi connectivity index (χ2v) is 3.81. The van der Waals surface area contributed by atoms with Crippen molar-refractivity contribution in [2.45, 2.75) is 12.7 Å². The molecule has 1 heterocycles. The number of nitrogens with one attached hydrogen (secondary N) is 1. The molecular formula is C11H9F3N2O3. The number of hydrogen-bond donors (Lipinski definition) is 1. The quantitative estimate of drug-likeness (QED) is 0.916. The van der Waals surface area contributed by atoms with Crippen LogP contribution in [0.5, 0.6) is 0 Å². The van der Waals surface area contributed by atoms with Gasteiger partial charge >= 0.3 is 11.9 Å². The van der Waals surface area contributed by atoms with E-state index in [1.807, 2.05) is 0 Å². The summed E-state index contributed by atoms with van der Waals surface area (Å²) < 4.78 is 41.6. The predicted octanol–water partition coefficient (Wildman–Crippen LogP) is 1.27. The van der Waals surface area contributed by atoms with Crippen LogP contribution in [0.25, 0.3) is 11.1 Å². The molecule has 1 aromatic carbocycles. The van der Waals surface area contributed by atoms with Crippen LogP contribution >= 0.6 is 0 Å². The lowest BCUT2D eigenvalue weighted by Gasteiger charge is -2.08. The van der Waals surface area contributed by atoms with Crippen LogP contribution in [0.3, 0.4) is 0 Å². The highest BCUT2D eigenvalue weighted by Gasteiger charge is 2.27. The summed E-state index contributed by atoms with van der Waals surface area (Å²) in [7, 11) is 0. The van der Waals surface area contributed by atoms with Crippen molar-refractivity contribution in [2.24, 2.45) is 0 Å². The molecule has 5 nitrogen and oxygen atoms in total. The Morgan fingerprint density at radius 1 is 1.32 bits per heavy atom. The average molecular weight is 274 g/mol. The first-order valence-corrected chi connectivity index (χ1v) is 5.28. The van der Waals surface area contributed by atoms with Crippen molar-refractivity contribution < 1.29 is 22.4 Å². The summed E-state index contributed by atoms with van der Waals surface area (Å²) in [5.41, 5.74) is 0.630. The van der Waals surface area contributed by atoms with E-state index in [0.29, 0.717) is 5.52 Å². The van der Waals surface area contributed by atoms with Crippen molar-refractivity contribution in [1.29, 1.82) is 0 Å². The Labute approximate surface area is 104 Å². The zero-order valence-electron chi connectivity index (χ0n) is 9.53. The molecule has 0 aliphatic carbocycles. The van der Waals surface area contributed by atoms with E-state index in [-0.39, 0.29) is 5.58 Å². The number of halogens is 3. The monoisotopic (exact) mass is 274 g/mol. The molecule has 0 saturated carbocycles. The van der Waals surface area contributed by atoms with Gasteiger partial charge in [0.1, 0.15) is 13.1 Å². The van der Waals surface area contributed by atoms with Gasteiger partial charge in [-0.1, -0.05) is 12.1 Å². The Balaban J connectivity index is 2.15. The number of nitrogens with zero attached hydrogens (tertiary/aromatic N) is 1. The van der Waals surface area contributed by atoms with Gasteiger partial charge in [0, 0.05) is 0 Å². The number of aromatic nitrogens is 1. The number of alkyl halides is 3. The number of fused-ring (bicyclic) bond motifs is 1. The molecule has 0 aliphatic rings. The Morgan fingerprint density at radius 3 is 2.68 bits per heavy atom. The molecule has 0 bridgehead atoms. The third-order valence-electron chi connectivity index (χ3n) is 2.36. The molecule has 0 fully saturated rings. The molecule has 0 aliphatic heterocycles. The van der Waals surface area contributed by atoms with Gasteiger partial charge in [0.2, 0.25) is 5.91 Å². The van der Waals surface area contributed by atoms with Crippen molar-refractivity contribution in [1.82, 2.24) is 9.88 Å². The van der Waals surface area contributed by atoms with Gasteiger partial charge in [0.25, 0.3) is 0 Å². The number of para-hydroxylation sites is 2. The molecule has 102 valence electrons. The number of amides is 1. The molecule has 1 amide bonds. The zero-order chi connectivity index (χ0) is 14.0. The molecule has 0 spiro atoms. The van der Waals surface area contributed by atoms with E-state index < -0.39 is 30.9 Å². The van der Waals surface area contributed by atoms with Crippen LogP contribution in [0.1, 0.15) is 0 Å². The summed E-state index contributed by atoms with van der Waals surface area (Å²) in [5.74, 6) is -1.70. The van der Waals surface area contributed by atoms with E-state index in [1.165, 1.54) is 12.1 Å². The number of carbonyl (C=O) groups excluding carboxylic acids is 1. The largest absolute Gasteiger partial charge is 0.420 e. The van der Waals surface area contributed by atoms with Gasteiger partial charge in [0.05, 0.1) is 5.52 Å². The normalized spacial score (nSPS) is 11.7. The van der Waals surface area contributed by atoms with Crippen molar-refractivity contribution >= 4 is 17.0 Å². The standard InChI is InChI=1S/C11H9F3N2O3/c12-11(13,14)6-15-9(17)5-16-7-3-1-2-4-8(7)19-10(16)18/h1-4H,5-6H2,(H,15,17). The van der Waals surface area contributed by atoms with Gasteiger partial charge < -0.3 is 9.73 Å². The highest BCUT2D eigenvalue weighted by Crippen LogP contribution is 2.13. The number of hydrogen-bond acceptors (Lipinski definition) is 3. The predicted molar refractivity (Wildman–Crippen MR) is 59.5 cm³/mol. The van der Waals surface area contributed by atoms with Crippen molar-refractivity contribution in [3.05, 3.63) is 34.8 Å². The first-order chi connectivity index (χ1) is 8.87. The minimum Gasteiger partial charge on any atom is -0.408 e.